The van der Waals surface area contributed by atoms with Crippen LogP contribution in [0, 0.1) is 0 Å². The Morgan fingerprint density at radius 1 is 0.221 bits per heavy atom. The lowest BCUT2D eigenvalue weighted by Crippen LogP contribution is -2.02. The third kappa shape index (κ3) is 10.2. The van der Waals surface area contributed by atoms with Gasteiger partial charge in [0.05, 0.1) is 0 Å². The summed E-state index contributed by atoms with van der Waals surface area (Å²) in [5.74, 6) is 0.665. The molecule has 18 aromatic carbocycles. The van der Waals surface area contributed by atoms with Crippen molar-refractivity contribution in [1.29, 1.82) is 0 Å². The molecule has 4 heterocycles. The van der Waals surface area contributed by atoms with Gasteiger partial charge >= 0.3 is 7.69 Å². The molecule has 6 nitrogen and oxygen atoms in total. The first kappa shape index (κ1) is 60.9. The van der Waals surface area contributed by atoms with Crippen molar-refractivity contribution >= 4 is 176 Å². The fraction of sp³-hybridized carbons (Fsp3) is 0. The van der Waals surface area contributed by atoms with Crippen molar-refractivity contribution in [2.45, 2.75) is 0 Å². The van der Waals surface area contributed by atoms with Gasteiger partial charge in [-0.3, -0.25) is 0 Å². The number of benzene rings is 18. The summed E-state index contributed by atoms with van der Waals surface area (Å²) < 4.78 is 31.5. The zero-order valence-electron chi connectivity index (χ0n) is 55.8. The van der Waals surface area contributed by atoms with Crippen LogP contribution in [0.3, 0.4) is 0 Å². The SMILES string of the molecule is Brc1ccc2oc3c(ccc4c5ccccc5oc43)c2c1.O[B]Oc1c2ccccc2c(-c2cccc(-c3ccc4ccccc4c3)c2)c2ccccc12.c1cc(-c2ccc3ccccc3c2)cc(-c2c3ccccc3c(-c3ccc4oc5c(ccc6c7ccccc7oc65)c4c3)c3ccccc23)c1. The lowest BCUT2D eigenvalue weighted by atomic mass is 9.85. The average molecular weight is 1400 g/mol. The number of halogens is 1. The minimum absolute atomic E-state index is 0.665. The van der Waals surface area contributed by atoms with Gasteiger partial charge in [0.2, 0.25) is 0 Å². The highest BCUT2D eigenvalue weighted by molar-refractivity contribution is 9.10. The van der Waals surface area contributed by atoms with E-state index in [1.807, 2.05) is 84.9 Å². The van der Waals surface area contributed by atoms with E-state index in [0.717, 1.165) is 138 Å². The number of hydrogen-bond acceptors (Lipinski definition) is 6. The molecule has 4 aromatic heterocycles. The first-order valence-electron chi connectivity index (χ1n) is 34.8. The highest BCUT2D eigenvalue weighted by Crippen LogP contribution is 2.49. The lowest BCUT2D eigenvalue weighted by molar-refractivity contribution is 0.459. The molecule has 104 heavy (non-hydrogen) atoms. The molecule has 0 unspecified atom stereocenters. The zero-order valence-corrected chi connectivity index (χ0v) is 57.4. The maximum Gasteiger partial charge on any atom is 0.569 e. The van der Waals surface area contributed by atoms with Crippen LogP contribution in [0.4, 0.5) is 0 Å². The molecular weight excluding hydrogens is 1340 g/mol. The number of furan rings is 4. The molecule has 0 atom stereocenters. The minimum Gasteiger partial charge on any atom is -0.537 e. The van der Waals surface area contributed by atoms with E-state index < -0.39 is 0 Å². The molecule has 1 N–H and O–H groups in total. The first-order valence-corrected chi connectivity index (χ1v) is 35.6. The van der Waals surface area contributed by atoms with E-state index in [9.17, 15) is 5.02 Å². The van der Waals surface area contributed by atoms with E-state index in [4.69, 9.17) is 22.3 Å². The molecule has 0 amide bonds. The molecule has 0 aliphatic heterocycles. The van der Waals surface area contributed by atoms with Crippen LogP contribution in [-0.2, 0) is 0 Å². The van der Waals surface area contributed by atoms with Crippen LogP contribution in [0.15, 0.2) is 362 Å². The van der Waals surface area contributed by atoms with Gasteiger partial charge in [-0.15, -0.1) is 0 Å². The van der Waals surface area contributed by atoms with Gasteiger partial charge in [-0.05, 0) is 200 Å². The van der Waals surface area contributed by atoms with E-state index in [1.54, 1.807) is 0 Å². The van der Waals surface area contributed by atoms with Crippen LogP contribution in [0.2, 0.25) is 0 Å². The molecule has 0 fully saturated rings. The van der Waals surface area contributed by atoms with E-state index in [2.05, 4.69) is 271 Å². The quantitative estimate of drug-likeness (QED) is 0.126. The van der Waals surface area contributed by atoms with Crippen LogP contribution in [0.5, 0.6) is 5.75 Å². The molecule has 22 rings (SSSR count). The second-order valence-electron chi connectivity index (χ2n) is 26.5. The maximum atomic E-state index is 9.42. The third-order valence-corrected chi connectivity index (χ3v) is 21.2. The van der Waals surface area contributed by atoms with Gasteiger partial charge in [-0.2, -0.15) is 0 Å². The van der Waals surface area contributed by atoms with Gasteiger partial charge in [0.25, 0.3) is 0 Å². The Kier molecular flexibility index (Phi) is 14.6. The number of para-hydroxylation sites is 2. The maximum absolute atomic E-state index is 9.42. The topological polar surface area (TPSA) is 82.0 Å². The summed E-state index contributed by atoms with van der Waals surface area (Å²) in [6.07, 6.45) is 0. The highest BCUT2D eigenvalue weighted by atomic mass is 79.9. The summed E-state index contributed by atoms with van der Waals surface area (Å²) in [7, 11) is 0.758. The Morgan fingerprint density at radius 2 is 0.529 bits per heavy atom. The number of fused-ring (bicyclic) bond motifs is 20. The lowest BCUT2D eigenvalue weighted by Gasteiger charge is -2.18. The summed E-state index contributed by atoms with van der Waals surface area (Å²) in [6.45, 7) is 0. The number of hydrogen-bond donors (Lipinski definition) is 1. The van der Waals surface area contributed by atoms with Gasteiger partial charge in [-0.1, -0.05) is 265 Å². The largest absolute Gasteiger partial charge is 0.569 e. The molecule has 0 aliphatic carbocycles. The predicted octanol–water partition coefficient (Wildman–Crippen LogP) is 27.6. The Morgan fingerprint density at radius 3 is 0.962 bits per heavy atom. The Labute approximate surface area is 604 Å². The first-order chi connectivity index (χ1) is 51.4. The summed E-state index contributed by atoms with van der Waals surface area (Å²) in [4.78, 5) is 0. The van der Waals surface area contributed by atoms with Gasteiger partial charge in [0.15, 0.2) is 22.3 Å². The molecule has 0 spiro atoms. The van der Waals surface area contributed by atoms with Crippen LogP contribution in [0.1, 0.15) is 0 Å². The molecule has 22 aromatic rings. The van der Waals surface area contributed by atoms with Crippen molar-refractivity contribution in [3.8, 4) is 61.4 Å². The summed E-state index contributed by atoms with van der Waals surface area (Å²) >= 11 is 3.52. The second kappa shape index (κ2) is 25.0. The Balaban J connectivity index is 0.000000114. The summed E-state index contributed by atoms with van der Waals surface area (Å²) in [5, 5.41) is 32.1. The van der Waals surface area contributed by atoms with Gasteiger partial charge in [-0.25, -0.2) is 0 Å². The fourth-order valence-electron chi connectivity index (χ4n) is 15.9. The van der Waals surface area contributed by atoms with Crippen molar-refractivity contribution in [3.05, 3.63) is 344 Å². The molecule has 487 valence electrons. The average Bonchev–Trinajstić information content (AvgIpc) is 1.53. The minimum atomic E-state index is 0.665. The second-order valence-corrected chi connectivity index (χ2v) is 27.5. The standard InChI is InChI=1S/C48H28O2.C30H20BO2.C18H9BrO2/c1-2-11-30-26-32(21-20-29(30)10-1)31-12-9-13-33(27-31)45-36-15-3-5-17-38(36)46(39-18-6-4-16-37(39)45)34-22-25-44-42(28-34)41-24-23-40-35-14-7-8-19-43(35)49-47(40)48(41)50-44;32-31-33-30-27-14-5-3-12-25(27)29(26-13-4-6-15-28(26)30)24-11-7-10-22(19-24)23-17-16-20-8-1-2-9-21(20)18-23;19-10-5-8-16-14(9-10)13-7-6-12-11-3-1-2-4-15(11)20-17(12)18(13)21-16/h1-28H;1-19,32H;1-9H. The predicted molar refractivity (Wildman–Crippen MR) is 437 cm³/mol. The van der Waals surface area contributed by atoms with Crippen molar-refractivity contribution in [3.63, 3.8) is 0 Å². The number of rotatable bonds is 7. The molecule has 1 radical (unpaired) electrons. The van der Waals surface area contributed by atoms with E-state index in [1.165, 1.54) is 82.0 Å². The molecule has 0 saturated carbocycles. The normalized spacial score (nSPS) is 11.8. The van der Waals surface area contributed by atoms with Crippen molar-refractivity contribution in [2.75, 3.05) is 0 Å². The Hall–Kier alpha value is -13.0. The van der Waals surface area contributed by atoms with E-state index in [0.29, 0.717) is 5.75 Å². The smallest absolute Gasteiger partial charge is 0.537 e. The van der Waals surface area contributed by atoms with Crippen molar-refractivity contribution in [2.24, 2.45) is 0 Å². The fourth-order valence-corrected chi connectivity index (χ4v) is 16.3. The summed E-state index contributed by atoms with van der Waals surface area (Å²) in [6, 6.07) is 120. The van der Waals surface area contributed by atoms with Gasteiger partial charge in [0, 0.05) is 58.3 Å². The van der Waals surface area contributed by atoms with Gasteiger partial charge < -0.3 is 27.3 Å². The van der Waals surface area contributed by atoms with Gasteiger partial charge in [0.1, 0.15) is 28.1 Å². The highest BCUT2D eigenvalue weighted by Gasteiger charge is 2.23. The van der Waals surface area contributed by atoms with Crippen molar-refractivity contribution < 1.29 is 27.3 Å². The van der Waals surface area contributed by atoms with E-state index in [-0.39, 0.29) is 0 Å². The molecule has 0 saturated heterocycles. The molecular formula is C96H57BBrO6. The summed E-state index contributed by atoms with van der Waals surface area (Å²) in [5.41, 5.74) is 18.7. The zero-order chi connectivity index (χ0) is 68.9. The molecule has 0 aliphatic rings. The molecule has 8 heteroatoms. The monoisotopic (exact) mass is 1400 g/mol. The van der Waals surface area contributed by atoms with Crippen LogP contribution >= 0.6 is 15.9 Å². The van der Waals surface area contributed by atoms with Crippen LogP contribution < -0.4 is 4.65 Å². The van der Waals surface area contributed by atoms with E-state index >= 15 is 0 Å². The van der Waals surface area contributed by atoms with Crippen LogP contribution in [0.25, 0.3) is 208 Å². The van der Waals surface area contributed by atoms with Crippen molar-refractivity contribution in [1.82, 2.24) is 0 Å². The third-order valence-electron chi connectivity index (χ3n) is 20.7. The Bertz CT molecular complexity index is 7120. The van der Waals surface area contributed by atoms with Crippen LogP contribution in [-0.4, -0.2) is 12.7 Å². The molecule has 0 bridgehead atoms.